The van der Waals surface area contributed by atoms with Crippen LogP contribution in [-0.2, 0) is 4.79 Å². The molecular weight excluding hydrogens is 342 g/mol. The first kappa shape index (κ1) is 17.5. The molecule has 4 rings (SSSR count). The third kappa shape index (κ3) is 3.94. The number of rotatable bonds is 3. The van der Waals surface area contributed by atoms with E-state index in [1.54, 1.807) is 6.92 Å². The van der Waals surface area contributed by atoms with Crippen molar-refractivity contribution in [1.29, 1.82) is 0 Å². The van der Waals surface area contributed by atoms with E-state index in [2.05, 4.69) is 30.7 Å². The summed E-state index contributed by atoms with van der Waals surface area (Å²) < 4.78 is 0. The predicted molar refractivity (Wildman–Crippen MR) is 105 cm³/mol. The highest BCUT2D eigenvalue weighted by atomic mass is 16.2. The Balaban J connectivity index is 1.38. The van der Waals surface area contributed by atoms with Gasteiger partial charge in [0, 0.05) is 71.7 Å². The minimum absolute atomic E-state index is 0.134. The minimum Gasteiger partial charge on any atom is -0.353 e. The number of hydrogen-bond acceptors (Lipinski definition) is 7. The van der Waals surface area contributed by atoms with E-state index in [9.17, 15) is 4.79 Å². The molecule has 142 valence electrons. The molecule has 2 aliphatic heterocycles. The van der Waals surface area contributed by atoms with Gasteiger partial charge in [-0.2, -0.15) is 4.98 Å². The van der Waals surface area contributed by atoms with Crippen molar-refractivity contribution in [3.05, 3.63) is 36.7 Å². The molecule has 8 nitrogen and oxygen atoms in total. The number of anilines is 3. The Morgan fingerprint density at radius 2 is 1.44 bits per heavy atom. The topological polar surface area (TPSA) is 68.7 Å². The average molecular weight is 367 g/mol. The van der Waals surface area contributed by atoms with Crippen LogP contribution < -0.4 is 14.7 Å². The fourth-order valence-electron chi connectivity index (χ4n) is 3.59. The maximum atomic E-state index is 11.5. The van der Waals surface area contributed by atoms with E-state index in [1.165, 1.54) is 0 Å². The largest absolute Gasteiger partial charge is 0.353 e. The highest BCUT2D eigenvalue weighted by Crippen LogP contribution is 2.20. The van der Waals surface area contributed by atoms with Gasteiger partial charge in [-0.1, -0.05) is 6.07 Å². The van der Waals surface area contributed by atoms with Gasteiger partial charge in [0.25, 0.3) is 0 Å². The molecule has 2 aliphatic rings. The van der Waals surface area contributed by atoms with Gasteiger partial charge >= 0.3 is 0 Å². The van der Waals surface area contributed by atoms with Gasteiger partial charge in [-0.15, -0.1) is 0 Å². The fraction of sp³-hybridized carbons (Fsp3) is 0.474. The second-order valence-electron chi connectivity index (χ2n) is 6.87. The van der Waals surface area contributed by atoms with Crippen LogP contribution in [-0.4, -0.2) is 78.1 Å². The Bertz CT molecular complexity index is 769. The van der Waals surface area contributed by atoms with Gasteiger partial charge in [-0.05, 0) is 18.2 Å². The molecule has 2 aromatic rings. The van der Waals surface area contributed by atoms with Gasteiger partial charge < -0.3 is 19.6 Å². The van der Waals surface area contributed by atoms with Crippen LogP contribution >= 0.6 is 0 Å². The predicted octanol–water partition coefficient (Wildman–Crippen LogP) is 0.867. The molecule has 0 saturated carbocycles. The van der Waals surface area contributed by atoms with E-state index in [0.29, 0.717) is 0 Å². The first-order valence-electron chi connectivity index (χ1n) is 9.45. The molecule has 2 aromatic heterocycles. The minimum atomic E-state index is 0.134. The number of carbonyl (C=O) groups is 1. The van der Waals surface area contributed by atoms with Crippen molar-refractivity contribution in [2.24, 2.45) is 0 Å². The van der Waals surface area contributed by atoms with Crippen molar-refractivity contribution in [3.8, 4) is 0 Å². The lowest BCUT2D eigenvalue weighted by Gasteiger charge is -2.37. The van der Waals surface area contributed by atoms with Crippen LogP contribution in [0.4, 0.5) is 17.6 Å². The van der Waals surface area contributed by atoms with Crippen LogP contribution in [0.5, 0.6) is 0 Å². The quantitative estimate of drug-likeness (QED) is 0.797. The molecule has 0 spiro atoms. The summed E-state index contributed by atoms with van der Waals surface area (Å²) in [6.45, 7) is 8.29. The highest BCUT2D eigenvalue weighted by Gasteiger charge is 2.23. The Morgan fingerprint density at radius 3 is 2.07 bits per heavy atom. The van der Waals surface area contributed by atoms with Crippen LogP contribution in [0.3, 0.4) is 0 Å². The van der Waals surface area contributed by atoms with Gasteiger partial charge in [0.1, 0.15) is 11.6 Å². The normalized spacial score (nSPS) is 18.0. The lowest BCUT2D eigenvalue weighted by Crippen LogP contribution is -2.49. The van der Waals surface area contributed by atoms with Gasteiger partial charge in [0.15, 0.2) is 0 Å². The lowest BCUT2D eigenvalue weighted by molar-refractivity contribution is -0.129. The number of nitrogens with zero attached hydrogens (tertiary/aromatic N) is 7. The van der Waals surface area contributed by atoms with Gasteiger partial charge in [-0.3, -0.25) is 4.79 Å². The summed E-state index contributed by atoms with van der Waals surface area (Å²) in [5.74, 6) is 2.89. The molecule has 0 bridgehead atoms. The number of amides is 1. The van der Waals surface area contributed by atoms with Crippen molar-refractivity contribution in [1.82, 2.24) is 19.9 Å². The van der Waals surface area contributed by atoms with Crippen molar-refractivity contribution < 1.29 is 4.79 Å². The summed E-state index contributed by atoms with van der Waals surface area (Å²) in [7, 11) is 0. The number of aromatic nitrogens is 3. The van der Waals surface area contributed by atoms with Gasteiger partial charge in [-0.25, -0.2) is 9.97 Å². The summed E-state index contributed by atoms with van der Waals surface area (Å²) >= 11 is 0. The third-order valence-electron chi connectivity index (χ3n) is 5.21. The fourth-order valence-corrected chi connectivity index (χ4v) is 3.59. The molecule has 0 N–H and O–H groups in total. The van der Waals surface area contributed by atoms with E-state index in [4.69, 9.17) is 4.98 Å². The number of pyridine rings is 1. The zero-order chi connectivity index (χ0) is 18.6. The molecule has 0 unspecified atom stereocenters. The molecule has 8 heteroatoms. The molecule has 1 amide bonds. The summed E-state index contributed by atoms with van der Waals surface area (Å²) in [5, 5.41) is 0. The van der Waals surface area contributed by atoms with Crippen LogP contribution in [0.2, 0.25) is 0 Å². The maximum Gasteiger partial charge on any atom is 0.227 e. The van der Waals surface area contributed by atoms with Crippen molar-refractivity contribution in [3.63, 3.8) is 0 Å². The molecule has 2 fully saturated rings. The summed E-state index contributed by atoms with van der Waals surface area (Å²) in [5.41, 5.74) is 0. The molecule has 27 heavy (non-hydrogen) atoms. The summed E-state index contributed by atoms with van der Waals surface area (Å²) in [6, 6.07) is 8.00. The van der Waals surface area contributed by atoms with E-state index in [1.807, 2.05) is 35.5 Å². The summed E-state index contributed by atoms with van der Waals surface area (Å²) in [6.07, 6.45) is 3.67. The third-order valence-corrected chi connectivity index (χ3v) is 5.21. The van der Waals surface area contributed by atoms with Crippen LogP contribution in [0.1, 0.15) is 6.92 Å². The second kappa shape index (κ2) is 7.77. The number of carbonyl (C=O) groups excluding carboxylic acids is 1. The SMILES string of the molecule is CC(=O)N1CCN(c2nccc(N3CCN(c4ccccn4)CC3)n2)CC1. The number of piperazine rings is 2. The summed E-state index contributed by atoms with van der Waals surface area (Å²) in [4.78, 5) is 33.8. The lowest BCUT2D eigenvalue weighted by atomic mass is 10.3. The zero-order valence-electron chi connectivity index (χ0n) is 15.7. The van der Waals surface area contributed by atoms with Crippen LogP contribution in [0, 0.1) is 0 Å². The van der Waals surface area contributed by atoms with E-state index >= 15 is 0 Å². The Morgan fingerprint density at radius 1 is 0.778 bits per heavy atom. The van der Waals surface area contributed by atoms with Crippen molar-refractivity contribution >= 4 is 23.5 Å². The Hall–Kier alpha value is -2.90. The molecule has 0 aromatic carbocycles. The first-order valence-corrected chi connectivity index (χ1v) is 9.45. The molecule has 2 saturated heterocycles. The monoisotopic (exact) mass is 367 g/mol. The van der Waals surface area contributed by atoms with Gasteiger partial charge in [0.2, 0.25) is 11.9 Å². The van der Waals surface area contributed by atoms with E-state index in [0.717, 1.165) is 69.9 Å². The van der Waals surface area contributed by atoms with E-state index < -0.39 is 0 Å². The molecular formula is C19H25N7O. The Labute approximate surface area is 159 Å². The van der Waals surface area contributed by atoms with E-state index in [-0.39, 0.29) is 5.91 Å². The highest BCUT2D eigenvalue weighted by molar-refractivity contribution is 5.73. The Kier molecular flexibility index (Phi) is 5.04. The molecule has 0 atom stereocenters. The first-order chi connectivity index (χ1) is 13.2. The molecule has 4 heterocycles. The van der Waals surface area contributed by atoms with Crippen molar-refractivity contribution in [2.75, 3.05) is 67.1 Å². The van der Waals surface area contributed by atoms with Crippen LogP contribution in [0.15, 0.2) is 36.7 Å². The zero-order valence-corrected chi connectivity index (χ0v) is 15.7. The molecule has 0 aliphatic carbocycles. The number of hydrogen-bond donors (Lipinski definition) is 0. The average Bonchev–Trinajstić information content (AvgIpc) is 2.75. The second-order valence-corrected chi connectivity index (χ2v) is 6.87. The maximum absolute atomic E-state index is 11.5. The molecule has 0 radical (unpaired) electrons. The van der Waals surface area contributed by atoms with Gasteiger partial charge in [0.05, 0.1) is 0 Å². The van der Waals surface area contributed by atoms with Crippen LogP contribution in [0.25, 0.3) is 0 Å². The smallest absolute Gasteiger partial charge is 0.227 e. The standard InChI is InChI=1S/C19H25N7O/c1-16(27)23-8-14-26(15-9-23)19-21-7-5-18(22-19)25-12-10-24(11-13-25)17-4-2-3-6-20-17/h2-7H,8-15H2,1H3. The van der Waals surface area contributed by atoms with Crippen molar-refractivity contribution in [2.45, 2.75) is 6.92 Å².